The number of carbonyl (C=O) groups excluding carboxylic acids is 1. The van der Waals surface area contributed by atoms with Crippen LogP contribution in [0.2, 0.25) is 0 Å². The Morgan fingerprint density at radius 1 is 0.618 bits per heavy atom. The second kappa shape index (κ2) is 9.30. The van der Waals surface area contributed by atoms with E-state index >= 15 is 0 Å². The zero-order valence-corrected chi connectivity index (χ0v) is 20.0. The topological polar surface area (TPSA) is 20.3 Å². The lowest BCUT2D eigenvalue weighted by Crippen LogP contribution is -2.40. The van der Waals surface area contributed by atoms with Crippen molar-refractivity contribution in [2.45, 2.75) is 44.9 Å². The summed E-state index contributed by atoms with van der Waals surface area (Å²) in [5.41, 5.74) is 6.65. The summed E-state index contributed by atoms with van der Waals surface area (Å²) in [5.74, 6) is 0.0754. The predicted molar refractivity (Wildman–Crippen MR) is 141 cm³/mol. The van der Waals surface area contributed by atoms with Crippen LogP contribution in [0, 0.1) is 0 Å². The van der Waals surface area contributed by atoms with Crippen molar-refractivity contribution in [1.29, 1.82) is 0 Å². The molecule has 170 valence electrons. The lowest BCUT2D eigenvalue weighted by molar-refractivity contribution is -0.120. The fraction of sp³-hybridized carbons (Fsp3) is 0.219. The number of nitrogens with zero attached hydrogens (tertiary/aromatic N) is 1. The van der Waals surface area contributed by atoms with Crippen molar-refractivity contribution in [2.24, 2.45) is 0 Å². The molecule has 0 aromatic heterocycles. The van der Waals surface area contributed by atoms with Crippen molar-refractivity contribution in [3.05, 3.63) is 131 Å². The fourth-order valence-corrected chi connectivity index (χ4v) is 5.36. The quantitative estimate of drug-likeness (QED) is 0.287. The highest BCUT2D eigenvalue weighted by molar-refractivity contribution is 6.17. The molecule has 0 bridgehead atoms. The van der Waals surface area contributed by atoms with E-state index in [0.717, 1.165) is 53.7 Å². The van der Waals surface area contributed by atoms with E-state index in [-0.39, 0.29) is 5.91 Å². The number of aryl methyl sites for hydroxylation is 2. The van der Waals surface area contributed by atoms with E-state index in [2.05, 4.69) is 74.5 Å². The molecule has 0 saturated heterocycles. The second-order valence-electron chi connectivity index (χ2n) is 9.14. The van der Waals surface area contributed by atoms with Crippen molar-refractivity contribution in [3.63, 3.8) is 0 Å². The SMILES string of the molecule is CCCc1ccc(C2(c3ccc(CCC)cc3)C(=O)N(c3ccccc3)c3ccccc32)cc1. The smallest absolute Gasteiger partial charge is 0.251 e. The van der Waals surface area contributed by atoms with E-state index in [1.54, 1.807) is 0 Å². The van der Waals surface area contributed by atoms with Gasteiger partial charge in [-0.25, -0.2) is 0 Å². The van der Waals surface area contributed by atoms with Gasteiger partial charge in [-0.15, -0.1) is 0 Å². The van der Waals surface area contributed by atoms with Gasteiger partial charge in [-0.05, 0) is 53.3 Å². The first-order valence-corrected chi connectivity index (χ1v) is 12.4. The van der Waals surface area contributed by atoms with E-state index in [4.69, 9.17) is 0 Å². The zero-order chi connectivity index (χ0) is 23.5. The molecule has 0 spiro atoms. The van der Waals surface area contributed by atoms with Crippen LogP contribution >= 0.6 is 0 Å². The molecule has 2 nitrogen and oxygen atoms in total. The molecule has 2 heteroatoms. The molecule has 1 aliphatic rings. The van der Waals surface area contributed by atoms with Gasteiger partial charge in [0.15, 0.2) is 0 Å². The van der Waals surface area contributed by atoms with Gasteiger partial charge in [0.1, 0.15) is 5.41 Å². The summed E-state index contributed by atoms with van der Waals surface area (Å²) in [5, 5.41) is 0. The van der Waals surface area contributed by atoms with E-state index < -0.39 is 5.41 Å². The van der Waals surface area contributed by atoms with Gasteiger partial charge in [0.05, 0.1) is 5.69 Å². The van der Waals surface area contributed by atoms with E-state index in [9.17, 15) is 4.79 Å². The first-order valence-electron chi connectivity index (χ1n) is 12.4. The molecule has 0 fully saturated rings. The summed E-state index contributed by atoms with van der Waals surface area (Å²) in [6.07, 6.45) is 4.29. The van der Waals surface area contributed by atoms with Gasteiger partial charge in [-0.1, -0.05) is 112 Å². The standard InChI is InChI=1S/C32H31NO/c1-3-10-24-16-20-26(21-17-24)32(27-22-18-25(11-4-2)19-23-27)29-14-8-9-15-30(29)33(31(32)34)28-12-6-5-7-13-28/h5-9,12-23H,3-4,10-11H2,1-2H3. The number of anilines is 2. The van der Waals surface area contributed by atoms with Gasteiger partial charge in [0.2, 0.25) is 0 Å². The van der Waals surface area contributed by atoms with E-state index in [1.807, 2.05) is 47.4 Å². The number of rotatable bonds is 7. The maximum atomic E-state index is 14.6. The number of carbonyl (C=O) groups is 1. The molecule has 4 aromatic rings. The highest BCUT2D eigenvalue weighted by atomic mass is 16.2. The van der Waals surface area contributed by atoms with Crippen molar-refractivity contribution >= 4 is 17.3 Å². The van der Waals surface area contributed by atoms with E-state index in [0.29, 0.717) is 0 Å². The molecule has 0 saturated carbocycles. The molecule has 4 aromatic carbocycles. The molecule has 1 aliphatic heterocycles. The molecule has 0 radical (unpaired) electrons. The first kappa shape index (κ1) is 22.2. The molecule has 1 heterocycles. The fourth-order valence-electron chi connectivity index (χ4n) is 5.36. The molecule has 0 N–H and O–H groups in total. The lowest BCUT2D eigenvalue weighted by Gasteiger charge is -2.31. The van der Waals surface area contributed by atoms with Crippen LogP contribution in [0.25, 0.3) is 0 Å². The maximum absolute atomic E-state index is 14.6. The van der Waals surface area contributed by atoms with Crippen molar-refractivity contribution in [2.75, 3.05) is 4.90 Å². The van der Waals surface area contributed by atoms with Crippen molar-refractivity contribution < 1.29 is 4.79 Å². The summed E-state index contributed by atoms with van der Waals surface area (Å²) in [4.78, 5) is 16.5. The summed E-state index contributed by atoms with van der Waals surface area (Å²) < 4.78 is 0. The van der Waals surface area contributed by atoms with Crippen LogP contribution in [-0.4, -0.2) is 5.91 Å². The minimum atomic E-state index is -0.887. The summed E-state index contributed by atoms with van der Waals surface area (Å²) in [6.45, 7) is 4.39. The number of hydrogen-bond acceptors (Lipinski definition) is 1. The Morgan fingerprint density at radius 3 is 1.65 bits per heavy atom. The third kappa shape index (κ3) is 3.54. The Morgan fingerprint density at radius 2 is 1.12 bits per heavy atom. The van der Waals surface area contributed by atoms with Crippen molar-refractivity contribution in [3.8, 4) is 0 Å². The Kier molecular flexibility index (Phi) is 6.06. The molecular formula is C32H31NO. The van der Waals surface area contributed by atoms with Crippen molar-refractivity contribution in [1.82, 2.24) is 0 Å². The number of hydrogen-bond donors (Lipinski definition) is 0. The average Bonchev–Trinajstić information content (AvgIpc) is 3.15. The largest absolute Gasteiger partial charge is 0.279 e. The highest BCUT2D eigenvalue weighted by Gasteiger charge is 2.53. The Balaban J connectivity index is 1.76. The number of amides is 1. The highest BCUT2D eigenvalue weighted by Crippen LogP contribution is 2.52. The Bertz CT molecular complexity index is 1220. The van der Waals surface area contributed by atoms with Crippen LogP contribution in [-0.2, 0) is 23.1 Å². The summed E-state index contributed by atoms with van der Waals surface area (Å²) in [6, 6.07) is 35.6. The lowest BCUT2D eigenvalue weighted by atomic mass is 9.70. The minimum Gasteiger partial charge on any atom is -0.279 e. The number of para-hydroxylation sites is 2. The molecule has 0 atom stereocenters. The molecule has 0 aliphatic carbocycles. The second-order valence-corrected chi connectivity index (χ2v) is 9.14. The third-order valence-electron chi connectivity index (χ3n) is 6.94. The minimum absolute atomic E-state index is 0.0754. The first-order chi connectivity index (χ1) is 16.7. The van der Waals surface area contributed by atoms with Crippen LogP contribution in [0.1, 0.15) is 54.5 Å². The van der Waals surface area contributed by atoms with Gasteiger partial charge >= 0.3 is 0 Å². The van der Waals surface area contributed by atoms with Gasteiger partial charge in [0, 0.05) is 11.3 Å². The van der Waals surface area contributed by atoms with E-state index in [1.165, 1.54) is 11.1 Å². The zero-order valence-electron chi connectivity index (χ0n) is 20.0. The monoisotopic (exact) mass is 445 g/mol. The third-order valence-corrected chi connectivity index (χ3v) is 6.94. The number of fused-ring (bicyclic) bond motifs is 1. The Labute approximate surface area is 202 Å². The molecule has 1 amide bonds. The predicted octanol–water partition coefficient (Wildman–Crippen LogP) is 7.60. The van der Waals surface area contributed by atoms with Crippen LogP contribution in [0.15, 0.2) is 103 Å². The average molecular weight is 446 g/mol. The summed E-state index contributed by atoms with van der Waals surface area (Å²) >= 11 is 0. The Hall–Kier alpha value is -3.65. The molecule has 5 rings (SSSR count). The molecule has 34 heavy (non-hydrogen) atoms. The van der Waals surface area contributed by atoms with Crippen LogP contribution in [0.3, 0.4) is 0 Å². The van der Waals surface area contributed by atoms with Crippen LogP contribution < -0.4 is 4.90 Å². The van der Waals surface area contributed by atoms with Crippen LogP contribution in [0.4, 0.5) is 11.4 Å². The van der Waals surface area contributed by atoms with Gasteiger partial charge in [-0.2, -0.15) is 0 Å². The maximum Gasteiger partial charge on any atom is 0.251 e. The van der Waals surface area contributed by atoms with Gasteiger partial charge < -0.3 is 0 Å². The van der Waals surface area contributed by atoms with Crippen LogP contribution in [0.5, 0.6) is 0 Å². The summed E-state index contributed by atoms with van der Waals surface area (Å²) in [7, 11) is 0. The number of benzene rings is 4. The molecule has 0 unspecified atom stereocenters. The molecular weight excluding hydrogens is 414 g/mol. The van der Waals surface area contributed by atoms with Gasteiger partial charge in [0.25, 0.3) is 5.91 Å². The van der Waals surface area contributed by atoms with Gasteiger partial charge in [-0.3, -0.25) is 9.69 Å². The normalized spacial score (nSPS) is 14.3.